The van der Waals surface area contributed by atoms with Gasteiger partial charge in [0.05, 0.1) is 0 Å². The van der Waals surface area contributed by atoms with Crippen molar-refractivity contribution in [1.82, 2.24) is 10.6 Å². The fraction of sp³-hybridized carbons (Fsp3) is 0.297. The average Bonchev–Trinajstić information content (AvgIpc) is 3.80. The molecule has 0 radical (unpaired) electrons. The molecule has 0 aliphatic heterocycles. The summed E-state index contributed by atoms with van der Waals surface area (Å²) in [6, 6.07) is 36.0. The highest BCUT2D eigenvalue weighted by Crippen LogP contribution is 2.50. The van der Waals surface area contributed by atoms with Crippen molar-refractivity contribution in [3.8, 4) is 11.1 Å². The van der Waals surface area contributed by atoms with Gasteiger partial charge in [0.1, 0.15) is 6.04 Å². The van der Waals surface area contributed by atoms with Crippen LogP contribution in [0.3, 0.4) is 0 Å². The third-order valence-corrected chi connectivity index (χ3v) is 8.18. The van der Waals surface area contributed by atoms with Crippen LogP contribution >= 0.6 is 0 Å². The molecule has 1 saturated carbocycles. The van der Waals surface area contributed by atoms with Crippen LogP contribution < -0.4 is 10.6 Å². The molecule has 210 valence electrons. The van der Waals surface area contributed by atoms with E-state index in [0.29, 0.717) is 24.4 Å². The summed E-state index contributed by atoms with van der Waals surface area (Å²) < 4.78 is 0. The van der Waals surface area contributed by atoms with Gasteiger partial charge < -0.3 is 10.6 Å². The number of hydrogen-bond donors (Lipinski definition) is 2. The lowest BCUT2D eigenvalue weighted by Crippen LogP contribution is -2.46. The topological polar surface area (TPSA) is 58.2 Å². The van der Waals surface area contributed by atoms with Gasteiger partial charge in [-0.15, -0.1) is 0 Å². The summed E-state index contributed by atoms with van der Waals surface area (Å²) in [5, 5.41) is 6.07. The Hall–Kier alpha value is -4.18. The lowest BCUT2D eigenvalue weighted by molar-refractivity contribution is -0.123. The normalized spacial score (nSPS) is 16.5. The van der Waals surface area contributed by atoms with Crippen LogP contribution in [-0.2, 0) is 11.3 Å². The van der Waals surface area contributed by atoms with Crippen LogP contribution in [0.2, 0.25) is 0 Å². The summed E-state index contributed by atoms with van der Waals surface area (Å²) in [6.07, 6.45) is 6.25. The van der Waals surface area contributed by atoms with Crippen LogP contribution in [-0.4, -0.2) is 17.9 Å². The molecule has 0 bridgehead atoms. The van der Waals surface area contributed by atoms with Crippen molar-refractivity contribution in [2.75, 3.05) is 0 Å². The third kappa shape index (κ3) is 8.17. The van der Waals surface area contributed by atoms with Gasteiger partial charge in [0.15, 0.2) is 0 Å². The molecule has 0 spiro atoms. The standard InChI is InChI=1S/C37H40N2O2/c1-27-17-19-28(20-18-27)26-38-37(41)35(16-10-4-9-15-33-25-34(33)31-13-7-3-8-14-31)39-36(40)32-23-21-30(22-24-32)29-11-5-2-6-12-29/h2-3,5-8,11-14,17-24,33-35H,4,9-10,15-16,25-26H2,1H3,(H,38,41)(H,39,40)/t33?,34?,35-/m0/s1. The van der Waals surface area contributed by atoms with Crippen LogP contribution in [0.5, 0.6) is 0 Å². The van der Waals surface area contributed by atoms with Gasteiger partial charge in [-0.1, -0.05) is 122 Å². The number of nitrogens with one attached hydrogen (secondary N) is 2. The molecule has 41 heavy (non-hydrogen) atoms. The highest BCUT2D eigenvalue weighted by atomic mass is 16.2. The third-order valence-electron chi connectivity index (χ3n) is 8.18. The molecular formula is C37H40N2O2. The van der Waals surface area contributed by atoms with Crippen LogP contribution in [0.1, 0.15) is 71.5 Å². The smallest absolute Gasteiger partial charge is 0.251 e. The number of rotatable bonds is 13. The number of carbonyl (C=O) groups is 2. The van der Waals surface area contributed by atoms with Gasteiger partial charge in [0.25, 0.3) is 5.91 Å². The zero-order valence-electron chi connectivity index (χ0n) is 23.9. The van der Waals surface area contributed by atoms with E-state index in [1.807, 2.05) is 73.7 Å². The van der Waals surface area contributed by atoms with Gasteiger partial charge in [-0.3, -0.25) is 9.59 Å². The lowest BCUT2D eigenvalue weighted by Gasteiger charge is -2.19. The molecular weight excluding hydrogens is 504 g/mol. The van der Waals surface area contributed by atoms with Crippen molar-refractivity contribution < 1.29 is 9.59 Å². The number of amides is 2. The summed E-state index contributed by atoms with van der Waals surface area (Å²) in [4.78, 5) is 26.4. The molecule has 0 aromatic heterocycles. The van der Waals surface area contributed by atoms with Gasteiger partial charge in [-0.05, 0) is 72.4 Å². The second kappa shape index (κ2) is 13.9. The van der Waals surface area contributed by atoms with Crippen molar-refractivity contribution in [2.45, 2.75) is 64.0 Å². The molecule has 1 aliphatic carbocycles. The van der Waals surface area contributed by atoms with Crippen LogP contribution in [0.15, 0.2) is 109 Å². The van der Waals surface area contributed by atoms with Gasteiger partial charge in [-0.25, -0.2) is 0 Å². The van der Waals surface area contributed by atoms with E-state index in [1.165, 1.54) is 24.0 Å². The minimum Gasteiger partial charge on any atom is -0.350 e. The van der Waals surface area contributed by atoms with Gasteiger partial charge in [-0.2, -0.15) is 0 Å². The van der Waals surface area contributed by atoms with Gasteiger partial charge in [0.2, 0.25) is 5.91 Å². The fourth-order valence-corrected chi connectivity index (χ4v) is 5.58. The highest BCUT2D eigenvalue weighted by Gasteiger charge is 2.37. The fourth-order valence-electron chi connectivity index (χ4n) is 5.58. The number of aryl methyl sites for hydroxylation is 1. The van der Waals surface area contributed by atoms with Gasteiger partial charge in [0, 0.05) is 12.1 Å². The van der Waals surface area contributed by atoms with E-state index in [1.54, 1.807) is 0 Å². The monoisotopic (exact) mass is 544 g/mol. The number of benzene rings is 4. The Morgan fingerprint density at radius 2 is 1.41 bits per heavy atom. The summed E-state index contributed by atoms with van der Waals surface area (Å²) >= 11 is 0. The van der Waals surface area contributed by atoms with E-state index >= 15 is 0 Å². The minimum absolute atomic E-state index is 0.133. The van der Waals surface area contributed by atoms with E-state index in [4.69, 9.17) is 0 Å². The molecule has 0 saturated heterocycles. The van der Waals surface area contributed by atoms with E-state index in [2.05, 4.69) is 53.1 Å². The second-order valence-electron chi connectivity index (χ2n) is 11.3. The molecule has 1 fully saturated rings. The number of unbranched alkanes of at least 4 members (excludes halogenated alkanes) is 2. The maximum Gasteiger partial charge on any atom is 0.251 e. The molecule has 4 aromatic carbocycles. The zero-order chi connectivity index (χ0) is 28.4. The maximum absolute atomic E-state index is 13.2. The van der Waals surface area contributed by atoms with Crippen LogP contribution in [0.25, 0.3) is 11.1 Å². The Morgan fingerprint density at radius 3 is 2.12 bits per heavy atom. The molecule has 5 rings (SSSR count). The number of carbonyl (C=O) groups excluding carboxylic acids is 2. The number of hydrogen-bond acceptors (Lipinski definition) is 2. The lowest BCUT2D eigenvalue weighted by atomic mass is 10.0. The van der Waals surface area contributed by atoms with E-state index in [0.717, 1.165) is 41.9 Å². The maximum atomic E-state index is 13.2. The first-order valence-corrected chi connectivity index (χ1v) is 14.9. The Labute approximate surface area is 244 Å². The molecule has 0 heterocycles. The largest absolute Gasteiger partial charge is 0.350 e. The Morgan fingerprint density at radius 1 is 0.756 bits per heavy atom. The predicted molar refractivity (Wildman–Crippen MR) is 167 cm³/mol. The molecule has 1 aliphatic rings. The zero-order valence-corrected chi connectivity index (χ0v) is 23.9. The van der Waals surface area contributed by atoms with Crippen LogP contribution in [0.4, 0.5) is 0 Å². The van der Waals surface area contributed by atoms with E-state index < -0.39 is 6.04 Å². The highest BCUT2D eigenvalue weighted by molar-refractivity contribution is 5.97. The molecule has 2 unspecified atom stereocenters. The first-order valence-electron chi connectivity index (χ1n) is 14.9. The van der Waals surface area contributed by atoms with Crippen molar-refractivity contribution in [3.05, 3.63) is 131 Å². The Kier molecular flexibility index (Phi) is 9.64. The molecule has 4 nitrogen and oxygen atoms in total. The SMILES string of the molecule is Cc1ccc(CNC(=O)[C@H](CCCCCC2CC2c2ccccc2)NC(=O)c2ccc(-c3ccccc3)cc2)cc1. The molecule has 4 heteroatoms. The second-order valence-corrected chi connectivity index (χ2v) is 11.3. The van der Waals surface area contributed by atoms with Crippen molar-refractivity contribution in [2.24, 2.45) is 5.92 Å². The van der Waals surface area contributed by atoms with Crippen molar-refractivity contribution in [3.63, 3.8) is 0 Å². The van der Waals surface area contributed by atoms with E-state index in [-0.39, 0.29) is 11.8 Å². The first kappa shape index (κ1) is 28.4. The summed E-state index contributed by atoms with van der Waals surface area (Å²) in [7, 11) is 0. The molecule has 2 N–H and O–H groups in total. The minimum atomic E-state index is -0.570. The van der Waals surface area contributed by atoms with Crippen molar-refractivity contribution >= 4 is 11.8 Å². The Bertz CT molecular complexity index is 1400. The predicted octanol–water partition coefficient (Wildman–Crippen LogP) is 7.83. The summed E-state index contributed by atoms with van der Waals surface area (Å²) in [5.74, 6) is 1.14. The van der Waals surface area contributed by atoms with Gasteiger partial charge >= 0.3 is 0 Å². The summed E-state index contributed by atoms with van der Waals surface area (Å²) in [6.45, 7) is 2.49. The molecule has 3 atom stereocenters. The molecule has 2 amide bonds. The molecule has 4 aromatic rings. The quantitative estimate of drug-likeness (QED) is 0.169. The van der Waals surface area contributed by atoms with Crippen molar-refractivity contribution in [1.29, 1.82) is 0 Å². The Balaban J connectivity index is 1.14. The first-order chi connectivity index (χ1) is 20.1. The average molecular weight is 545 g/mol. The summed E-state index contributed by atoms with van der Waals surface area (Å²) in [5.41, 5.74) is 6.41. The van der Waals surface area contributed by atoms with E-state index in [9.17, 15) is 9.59 Å². The van der Waals surface area contributed by atoms with Crippen LogP contribution in [0, 0.1) is 12.8 Å².